The molecule has 146 valence electrons. The fourth-order valence-electron chi connectivity index (χ4n) is 2.90. The largest absolute Gasteiger partial charge is 0.497 e. The van der Waals surface area contributed by atoms with Gasteiger partial charge in [0.1, 0.15) is 12.3 Å². The number of benzene rings is 2. The van der Waals surface area contributed by atoms with Crippen molar-refractivity contribution < 1.29 is 23.9 Å². The van der Waals surface area contributed by atoms with Crippen LogP contribution < -0.4 is 24.4 Å². The van der Waals surface area contributed by atoms with Crippen molar-refractivity contribution in [2.45, 2.75) is 20.4 Å². The van der Waals surface area contributed by atoms with E-state index in [1.165, 1.54) is 0 Å². The van der Waals surface area contributed by atoms with E-state index in [0.29, 0.717) is 18.0 Å². The van der Waals surface area contributed by atoms with Crippen LogP contribution >= 0.6 is 0 Å². The first-order valence-corrected chi connectivity index (χ1v) is 8.99. The molecule has 6 heteroatoms. The molecule has 0 aromatic heterocycles. The third-order valence-electron chi connectivity index (χ3n) is 4.57. The summed E-state index contributed by atoms with van der Waals surface area (Å²) in [6.07, 6.45) is 0. The molecule has 2 rings (SSSR count). The van der Waals surface area contributed by atoms with Gasteiger partial charge in [-0.15, -0.1) is 0 Å². The molecule has 0 aliphatic rings. The summed E-state index contributed by atoms with van der Waals surface area (Å²) in [5.41, 5.74) is 3.02. The van der Waals surface area contributed by atoms with E-state index in [9.17, 15) is 4.79 Å². The Bertz CT molecular complexity index is 760. The summed E-state index contributed by atoms with van der Waals surface area (Å²) in [4.78, 5) is 13.6. The maximum Gasteiger partial charge on any atom is 0.279 e. The maximum atomic E-state index is 12.4. The number of likely N-dealkylation sites (N-methyl/N-ethyl adjacent to an activating group) is 1. The molecule has 2 aromatic carbocycles. The highest BCUT2D eigenvalue weighted by Crippen LogP contribution is 2.29. The van der Waals surface area contributed by atoms with E-state index in [0.717, 1.165) is 40.6 Å². The molecule has 0 spiro atoms. The van der Waals surface area contributed by atoms with Crippen molar-refractivity contribution in [3.05, 3.63) is 47.5 Å². The second-order valence-electron chi connectivity index (χ2n) is 6.37. The molecule has 0 fully saturated rings. The Kier molecular flexibility index (Phi) is 7.49. The first-order chi connectivity index (χ1) is 13.0. The molecule has 1 unspecified atom stereocenters. The minimum absolute atomic E-state index is 0.0184. The zero-order valence-electron chi connectivity index (χ0n) is 16.7. The average molecular weight is 373 g/mol. The lowest BCUT2D eigenvalue weighted by Crippen LogP contribution is -3.11. The fraction of sp³-hybridized carbons (Fsp3) is 0.381. The maximum absolute atomic E-state index is 12.4. The summed E-state index contributed by atoms with van der Waals surface area (Å²) in [7, 11) is 4.88. The predicted octanol–water partition coefficient (Wildman–Crippen LogP) is 2.06. The van der Waals surface area contributed by atoms with Gasteiger partial charge in [-0.1, -0.05) is 0 Å². The molecule has 27 heavy (non-hydrogen) atoms. The Hall–Kier alpha value is -2.73. The second kappa shape index (κ2) is 9.83. The van der Waals surface area contributed by atoms with Gasteiger partial charge in [-0.05, 0) is 55.8 Å². The summed E-state index contributed by atoms with van der Waals surface area (Å²) in [6.45, 7) is 6.08. The standard InChI is InChI=1S/C21H28N2O4/c1-6-23(13-16-12-20(27-5)19(26-4)11-15(16)2)14-21(24)22-17-7-9-18(25-3)10-8-17/h7-12H,6,13-14H2,1-5H3,(H,22,24)/p+1. The fourth-order valence-corrected chi connectivity index (χ4v) is 2.90. The van der Waals surface area contributed by atoms with Gasteiger partial charge in [0.05, 0.1) is 27.9 Å². The molecule has 0 saturated carbocycles. The van der Waals surface area contributed by atoms with Crippen LogP contribution in [-0.4, -0.2) is 40.3 Å². The lowest BCUT2D eigenvalue weighted by Gasteiger charge is -2.19. The van der Waals surface area contributed by atoms with Crippen LogP contribution in [0.1, 0.15) is 18.1 Å². The topological polar surface area (TPSA) is 61.2 Å². The van der Waals surface area contributed by atoms with E-state index in [1.807, 2.05) is 43.3 Å². The molecule has 0 aliphatic carbocycles. The minimum atomic E-state index is -0.0184. The van der Waals surface area contributed by atoms with E-state index < -0.39 is 0 Å². The summed E-state index contributed by atoms with van der Waals surface area (Å²) in [5, 5.41) is 2.94. The van der Waals surface area contributed by atoms with Gasteiger partial charge in [-0.25, -0.2) is 0 Å². The van der Waals surface area contributed by atoms with Crippen molar-refractivity contribution in [1.82, 2.24) is 0 Å². The highest BCUT2D eigenvalue weighted by atomic mass is 16.5. The number of methoxy groups -OCH3 is 3. The smallest absolute Gasteiger partial charge is 0.279 e. The van der Waals surface area contributed by atoms with Crippen LogP contribution in [0.15, 0.2) is 36.4 Å². The molecule has 1 amide bonds. The van der Waals surface area contributed by atoms with E-state index in [1.54, 1.807) is 21.3 Å². The van der Waals surface area contributed by atoms with E-state index in [2.05, 4.69) is 12.2 Å². The quantitative estimate of drug-likeness (QED) is 0.706. The molecular weight excluding hydrogens is 344 g/mol. The number of amides is 1. The van der Waals surface area contributed by atoms with Crippen LogP contribution in [0.5, 0.6) is 17.2 Å². The van der Waals surface area contributed by atoms with Crippen molar-refractivity contribution in [2.75, 3.05) is 39.7 Å². The van der Waals surface area contributed by atoms with Gasteiger partial charge in [-0.3, -0.25) is 4.79 Å². The summed E-state index contributed by atoms with van der Waals surface area (Å²) in [6, 6.07) is 11.3. The minimum Gasteiger partial charge on any atom is -0.497 e. The molecule has 0 bridgehead atoms. The van der Waals surface area contributed by atoms with Gasteiger partial charge >= 0.3 is 0 Å². The molecule has 1 atom stereocenters. The molecule has 2 N–H and O–H groups in total. The molecule has 0 heterocycles. The molecule has 2 aromatic rings. The normalized spacial score (nSPS) is 11.6. The highest BCUT2D eigenvalue weighted by Gasteiger charge is 2.17. The Morgan fingerprint density at radius 3 is 2.19 bits per heavy atom. The molecular formula is C21H29N2O4+. The molecule has 6 nitrogen and oxygen atoms in total. The molecule has 0 radical (unpaired) electrons. The number of hydrogen-bond donors (Lipinski definition) is 2. The number of quaternary nitrogens is 1. The number of nitrogens with one attached hydrogen (secondary N) is 2. The Morgan fingerprint density at radius 1 is 1.00 bits per heavy atom. The van der Waals surface area contributed by atoms with E-state index in [-0.39, 0.29) is 5.91 Å². The van der Waals surface area contributed by atoms with Crippen LogP contribution in [0, 0.1) is 6.92 Å². The third-order valence-corrected chi connectivity index (χ3v) is 4.57. The van der Waals surface area contributed by atoms with Gasteiger partial charge in [0, 0.05) is 11.3 Å². The predicted molar refractivity (Wildman–Crippen MR) is 106 cm³/mol. The lowest BCUT2D eigenvalue weighted by molar-refractivity contribution is -0.903. The monoisotopic (exact) mass is 373 g/mol. The highest BCUT2D eigenvalue weighted by molar-refractivity contribution is 5.91. The van der Waals surface area contributed by atoms with Gasteiger partial charge < -0.3 is 24.4 Å². The number of hydrogen-bond acceptors (Lipinski definition) is 4. The molecule has 0 saturated heterocycles. The number of ether oxygens (including phenoxy) is 3. The summed E-state index contributed by atoms with van der Waals surface area (Å²) in [5.74, 6) is 2.16. The van der Waals surface area contributed by atoms with Crippen LogP contribution in [0.2, 0.25) is 0 Å². The second-order valence-corrected chi connectivity index (χ2v) is 6.37. The van der Waals surface area contributed by atoms with Crippen molar-refractivity contribution in [2.24, 2.45) is 0 Å². The Balaban J connectivity index is 2.03. The van der Waals surface area contributed by atoms with Gasteiger partial charge in [0.15, 0.2) is 18.0 Å². The van der Waals surface area contributed by atoms with Crippen molar-refractivity contribution in [3.63, 3.8) is 0 Å². The molecule has 0 aliphatic heterocycles. The first-order valence-electron chi connectivity index (χ1n) is 8.99. The van der Waals surface area contributed by atoms with Crippen LogP contribution in [0.25, 0.3) is 0 Å². The zero-order chi connectivity index (χ0) is 19.8. The van der Waals surface area contributed by atoms with Crippen molar-refractivity contribution in [3.8, 4) is 17.2 Å². The lowest BCUT2D eigenvalue weighted by atomic mass is 10.1. The van der Waals surface area contributed by atoms with Crippen LogP contribution in [0.4, 0.5) is 5.69 Å². The zero-order valence-corrected chi connectivity index (χ0v) is 16.7. The van der Waals surface area contributed by atoms with Gasteiger partial charge in [0.2, 0.25) is 0 Å². The Morgan fingerprint density at radius 2 is 1.63 bits per heavy atom. The number of aryl methyl sites for hydroxylation is 1. The third kappa shape index (κ3) is 5.62. The van der Waals surface area contributed by atoms with E-state index >= 15 is 0 Å². The van der Waals surface area contributed by atoms with Crippen LogP contribution in [-0.2, 0) is 11.3 Å². The average Bonchev–Trinajstić information content (AvgIpc) is 2.68. The SMILES string of the molecule is CC[NH+](CC(=O)Nc1ccc(OC)cc1)Cc1cc(OC)c(OC)cc1C. The first kappa shape index (κ1) is 20.6. The summed E-state index contributed by atoms with van der Waals surface area (Å²) < 4.78 is 15.9. The van der Waals surface area contributed by atoms with Crippen molar-refractivity contribution in [1.29, 1.82) is 0 Å². The summed E-state index contributed by atoms with van der Waals surface area (Å²) >= 11 is 0. The van der Waals surface area contributed by atoms with Crippen molar-refractivity contribution >= 4 is 11.6 Å². The number of anilines is 1. The number of rotatable bonds is 9. The van der Waals surface area contributed by atoms with Gasteiger partial charge in [-0.2, -0.15) is 0 Å². The Labute approximate surface area is 161 Å². The van der Waals surface area contributed by atoms with E-state index in [4.69, 9.17) is 14.2 Å². The van der Waals surface area contributed by atoms with Gasteiger partial charge in [0.25, 0.3) is 5.91 Å². The number of carbonyl (C=O) groups excluding carboxylic acids is 1. The van der Waals surface area contributed by atoms with Crippen LogP contribution in [0.3, 0.4) is 0 Å². The number of carbonyl (C=O) groups is 1.